The van der Waals surface area contributed by atoms with Gasteiger partial charge in [-0.25, -0.2) is 0 Å². The molecule has 1 atom stereocenters. The van der Waals surface area contributed by atoms with Crippen molar-refractivity contribution in [2.24, 2.45) is 0 Å². The van der Waals surface area contributed by atoms with Crippen molar-refractivity contribution in [1.82, 2.24) is 5.32 Å². The molecule has 0 radical (unpaired) electrons. The highest BCUT2D eigenvalue weighted by Crippen LogP contribution is 2.25. The second-order valence-corrected chi connectivity index (χ2v) is 7.06. The minimum absolute atomic E-state index is 0.151. The number of thioether (sulfide) groups is 1. The Hall–Kier alpha value is -1.73. The van der Waals surface area contributed by atoms with Crippen molar-refractivity contribution in [3.05, 3.63) is 52.4 Å². The van der Waals surface area contributed by atoms with E-state index in [1.54, 1.807) is 19.1 Å². The van der Waals surface area contributed by atoms with Gasteiger partial charge in [-0.05, 0) is 49.7 Å². The molecule has 2 aromatic rings. The first kappa shape index (κ1) is 18.6. The van der Waals surface area contributed by atoms with Crippen molar-refractivity contribution < 1.29 is 18.7 Å². The van der Waals surface area contributed by atoms with Gasteiger partial charge in [0, 0.05) is 9.37 Å². The summed E-state index contributed by atoms with van der Waals surface area (Å²) in [4.78, 5) is 24.8. The van der Waals surface area contributed by atoms with Gasteiger partial charge >= 0.3 is 5.97 Å². The van der Waals surface area contributed by atoms with Crippen LogP contribution in [0.25, 0.3) is 0 Å². The quantitative estimate of drug-likeness (QED) is 0.555. The lowest BCUT2D eigenvalue weighted by atomic mass is 10.2. The molecule has 0 fully saturated rings. The number of amides is 1. The Morgan fingerprint density at radius 3 is 2.83 bits per heavy atom. The molecule has 1 N–H and O–H groups in total. The molecule has 1 aromatic carbocycles. The molecule has 1 heterocycles. The topological polar surface area (TPSA) is 68.5 Å². The van der Waals surface area contributed by atoms with Crippen LogP contribution in [0.5, 0.6) is 0 Å². The Labute approximate surface area is 153 Å². The van der Waals surface area contributed by atoms with E-state index in [0.717, 1.165) is 14.9 Å². The Morgan fingerprint density at radius 2 is 2.17 bits per heavy atom. The fourth-order valence-corrected chi connectivity index (χ4v) is 3.20. The lowest BCUT2D eigenvalue weighted by molar-refractivity contribution is -0.152. The summed E-state index contributed by atoms with van der Waals surface area (Å²) in [6, 6.07) is 9.35. The highest BCUT2D eigenvalue weighted by molar-refractivity contribution is 9.10. The maximum atomic E-state index is 11.9. The van der Waals surface area contributed by atoms with Crippen LogP contribution >= 0.6 is 27.7 Å². The molecule has 7 heteroatoms. The first-order valence-corrected chi connectivity index (χ1v) is 9.12. The van der Waals surface area contributed by atoms with E-state index in [1.165, 1.54) is 18.0 Å². The van der Waals surface area contributed by atoms with Crippen molar-refractivity contribution in [1.29, 1.82) is 0 Å². The molecule has 0 bridgehead atoms. The molecule has 0 saturated heterocycles. The fraction of sp³-hybridized carbons (Fsp3) is 0.294. The minimum Gasteiger partial charge on any atom is -0.467 e. The number of hydrogen-bond donors (Lipinski definition) is 1. The van der Waals surface area contributed by atoms with E-state index in [0.29, 0.717) is 5.76 Å². The molecule has 0 saturated carbocycles. The van der Waals surface area contributed by atoms with Crippen molar-refractivity contribution in [2.75, 3.05) is 5.75 Å². The van der Waals surface area contributed by atoms with E-state index in [1.807, 2.05) is 25.1 Å². The molecule has 0 aliphatic heterocycles. The number of aryl methyl sites for hydroxylation is 1. The van der Waals surface area contributed by atoms with Gasteiger partial charge in [-0.2, -0.15) is 0 Å². The number of furan rings is 1. The van der Waals surface area contributed by atoms with Crippen LogP contribution in [0.3, 0.4) is 0 Å². The third kappa shape index (κ3) is 5.72. The second-order valence-electron chi connectivity index (χ2n) is 5.13. The molecule has 0 spiro atoms. The van der Waals surface area contributed by atoms with E-state index in [2.05, 4.69) is 21.2 Å². The Balaban J connectivity index is 1.75. The van der Waals surface area contributed by atoms with Gasteiger partial charge in [0.25, 0.3) is 5.91 Å². The fourth-order valence-electron chi connectivity index (χ4n) is 1.93. The van der Waals surface area contributed by atoms with Gasteiger partial charge in [0.05, 0.1) is 18.6 Å². The molecule has 0 aliphatic rings. The van der Waals surface area contributed by atoms with E-state index in [4.69, 9.17) is 9.15 Å². The smallest absolute Gasteiger partial charge is 0.317 e. The van der Waals surface area contributed by atoms with Gasteiger partial charge in [0.2, 0.25) is 0 Å². The van der Waals surface area contributed by atoms with Gasteiger partial charge in [-0.3, -0.25) is 9.59 Å². The van der Waals surface area contributed by atoms with Gasteiger partial charge in [0.1, 0.15) is 5.76 Å². The Morgan fingerprint density at radius 1 is 1.38 bits per heavy atom. The zero-order valence-electron chi connectivity index (χ0n) is 13.4. The van der Waals surface area contributed by atoms with Gasteiger partial charge in [-0.15, -0.1) is 11.8 Å². The summed E-state index contributed by atoms with van der Waals surface area (Å²) >= 11 is 4.79. The summed E-state index contributed by atoms with van der Waals surface area (Å²) in [5.74, 6) is 0.00818. The molecule has 5 nitrogen and oxygen atoms in total. The number of benzene rings is 1. The average Bonchev–Trinajstić information content (AvgIpc) is 3.05. The van der Waals surface area contributed by atoms with Crippen LogP contribution in [0.2, 0.25) is 0 Å². The monoisotopic (exact) mass is 411 g/mol. The minimum atomic E-state index is -0.848. The molecular weight excluding hydrogens is 394 g/mol. The highest BCUT2D eigenvalue weighted by Gasteiger charge is 2.18. The van der Waals surface area contributed by atoms with Crippen molar-refractivity contribution >= 4 is 39.6 Å². The first-order valence-electron chi connectivity index (χ1n) is 7.34. The van der Waals surface area contributed by atoms with Gasteiger partial charge in [-0.1, -0.05) is 15.9 Å². The molecule has 24 heavy (non-hydrogen) atoms. The zero-order valence-corrected chi connectivity index (χ0v) is 15.8. The Bertz CT molecular complexity index is 703. The number of carbonyl (C=O) groups is 2. The number of esters is 1. The largest absolute Gasteiger partial charge is 0.467 e. The summed E-state index contributed by atoms with van der Waals surface area (Å²) in [5.41, 5.74) is 1.08. The zero-order chi connectivity index (χ0) is 17.5. The second kappa shape index (κ2) is 8.94. The van der Waals surface area contributed by atoms with Crippen molar-refractivity contribution in [3.8, 4) is 0 Å². The standard InChI is InChI=1S/C17H18BrNO4S/c1-11-8-13(18)5-6-15(11)24-10-16(20)23-12(2)17(21)19-9-14-4-3-7-22-14/h3-8,12H,9-10H2,1-2H3,(H,19,21)/t12-/m0/s1. The normalized spacial score (nSPS) is 11.8. The number of ether oxygens (including phenoxy) is 1. The van der Waals surface area contributed by atoms with Gasteiger partial charge < -0.3 is 14.5 Å². The number of carbonyl (C=O) groups excluding carboxylic acids is 2. The maximum Gasteiger partial charge on any atom is 0.317 e. The number of hydrogen-bond acceptors (Lipinski definition) is 5. The summed E-state index contributed by atoms with van der Waals surface area (Å²) in [6.07, 6.45) is 0.686. The number of halogens is 1. The lowest BCUT2D eigenvalue weighted by Crippen LogP contribution is -2.35. The van der Waals surface area contributed by atoms with Crippen LogP contribution in [0.15, 0.2) is 50.4 Å². The van der Waals surface area contributed by atoms with Crippen molar-refractivity contribution in [2.45, 2.75) is 31.4 Å². The number of nitrogens with one attached hydrogen (secondary N) is 1. The Kier molecular flexibility index (Phi) is 6.93. The molecule has 1 aromatic heterocycles. The molecular formula is C17H18BrNO4S. The maximum absolute atomic E-state index is 11.9. The third-order valence-electron chi connectivity index (χ3n) is 3.18. The van der Waals surface area contributed by atoms with E-state index in [-0.39, 0.29) is 18.2 Å². The van der Waals surface area contributed by atoms with Crippen molar-refractivity contribution in [3.63, 3.8) is 0 Å². The van der Waals surface area contributed by atoms with Crippen LogP contribution in [0.4, 0.5) is 0 Å². The van der Waals surface area contributed by atoms with Crippen LogP contribution < -0.4 is 5.32 Å². The summed E-state index contributed by atoms with van der Waals surface area (Å²) < 4.78 is 11.3. The summed E-state index contributed by atoms with van der Waals surface area (Å²) in [6.45, 7) is 3.79. The van der Waals surface area contributed by atoms with E-state index >= 15 is 0 Å². The number of rotatable bonds is 7. The van der Waals surface area contributed by atoms with Crippen LogP contribution in [0, 0.1) is 6.92 Å². The van der Waals surface area contributed by atoms with E-state index in [9.17, 15) is 9.59 Å². The first-order chi connectivity index (χ1) is 11.5. The molecule has 2 rings (SSSR count). The molecule has 1 amide bonds. The molecule has 0 aliphatic carbocycles. The predicted molar refractivity (Wildman–Crippen MR) is 95.7 cm³/mol. The molecule has 0 unspecified atom stereocenters. The van der Waals surface area contributed by atoms with Crippen LogP contribution in [0.1, 0.15) is 18.2 Å². The highest BCUT2D eigenvalue weighted by atomic mass is 79.9. The summed E-state index contributed by atoms with van der Waals surface area (Å²) in [5, 5.41) is 2.66. The summed E-state index contributed by atoms with van der Waals surface area (Å²) in [7, 11) is 0. The molecule has 128 valence electrons. The lowest BCUT2D eigenvalue weighted by Gasteiger charge is -2.13. The van der Waals surface area contributed by atoms with Crippen LogP contribution in [-0.4, -0.2) is 23.7 Å². The third-order valence-corrected chi connectivity index (χ3v) is 4.82. The van der Waals surface area contributed by atoms with Crippen LogP contribution in [-0.2, 0) is 20.9 Å². The van der Waals surface area contributed by atoms with E-state index < -0.39 is 12.1 Å². The predicted octanol–water partition coefficient (Wildman–Crippen LogP) is 3.69. The van der Waals surface area contributed by atoms with Gasteiger partial charge in [0.15, 0.2) is 6.10 Å². The SMILES string of the molecule is Cc1cc(Br)ccc1SCC(=O)O[C@@H](C)C(=O)NCc1ccco1. The average molecular weight is 412 g/mol.